The minimum Gasteiger partial charge on any atom is -0.454 e. The Bertz CT molecular complexity index is 614. The van der Waals surface area contributed by atoms with Crippen LogP contribution in [0.1, 0.15) is 25.5 Å². The van der Waals surface area contributed by atoms with Crippen LogP contribution < -0.4 is 9.47 Å². The highest BCUT2D eigenvalue weighted by Crippen LogP contribution is 2.35. The molecule has 2 heterocycles. The third kappa shape index (κ3) is 2.47. The van der Waals surface area contributed by atoms with E-state index in [1.807, 2.05) is 24.4 Å². The van der Waals surface area contributed by atoms with E-state index in [0.29, 0.717) is 12.8 Å². The van der Waals surface area contributed by atoms with E-state index in [1.165, 1.54) is 0 Å². The first-order valence-corrected chi connectivity index (χ1v) is 6.33. The molecule has 0 spiro atoms. The molecule has 0 atom stereocenters. The Hall–Kier alpha value is -2.23. The van der Waals surface area contributed by atoms with Crippen LogP contribution in [0.25, 0.3) is 0 Å². The van der Waals surface area contributed by atoms with Crippen molar-refractivity contribution in [1.29, 1.82) is 0 Å². The van der Waals surface area contributed by atoms with Gasteiger partial charge in [0.15, 0.2) is 11.5 Å². The van der Waals surface area contributed by atoms with Crippen LogP contribution in [-0.2, 0) is 0 Å². The van der Waals surface area contributed by atoms with Gasteiger partial charge in [-0.3, -0.25) is 4.99 Å². The van der Waals surface area contributed by atoms with E-state index in [9.17, 15) is 0 Å². The third-order valence-corrected chi connectivity index (χ3v) is 3.05. The quantitative estimate of drug-likeness (QED) is 0.787. The summed E-state index contributed by atoms with van der Waals surface area (Å²) in [6, 6.07) is 8.21. The molecule has 2 aromatic rings. The highest BCUT2D eigenvalue weighted by Gasteiger charge is 2.12. The fourth-order valence-electron chi connectivity index (χ4n) is 1.94. The zero-order valence-corrected chi connectivity index (χ0v) is 11.0. The molecule has 0 unspecified atom stereocenters. The molecular weight excluding hydrogens is 240 g/mol. The summed E-state index contributed by atoms with van der Waals surface area (Å²) in [5.41, 5.74) is 1.95. The molecule has 1 aliphatic rings. The average molecular weight is 256 g/mol. The summed E-state index contributed by atoms with van der Waals surface area (Å²) in [4.78, 5) is 4.45. The first-order valence-electron chi connectivity index (χ1n) is 6.33. The Balaban J connectivity index is 1.78. The summed E-state index contributed by atoms with van der Waals surface area (Å²) in [5, 5.41) is 0. The van der Waals surface area contributed by atoms with Crippen LogP contribution in [-0.4, -0.2) is 17.6 Å². The van der Waals surface area contributed by atoms with Crippen LogP contribution in [0.15, 0.2) is 41.7 Å². The van der Waals surface area contributed by atoms with Gasteiger partial charge in [0.25, 0.3) is 0 Å². The topological polar surface area (TPSA) is 35.8 Å². The Morgan fingerprint density at radius 1 is 1.21 bits per heavy atom. The molecule has 0 radical (unpaired) electrons. The minimum atomic E-state index is 0.291. The van der Waals surface area contributed by atoms with E-state index in [1.54, 1.807) is 0 Å². The molecule has 3 rings (SSSR count). The second kappa shape index (κ2) is 4.80. The monoisotopic (exact) mass is 256 g/mol. The minimum absolute atomic E-state index is 0.291. The predicted octanol–water partition coefficient (Wildman–Crippen LogP) is 3.55. The van der Waals surface area contributed by atoms with Crippen LogP contribution in [0.5, 0.6) is 11.5 Å². The van der Waals surface area contributed by atoms with Gasteiger partial charge in [0.05, 0.1) is 5.69 Å². The summed E-state index contributed by atoms with van der Waals surface area (Å²) >= 11 is 0. The number of aliphatic imine (C=N–C) groups is 1. The van der Waals surface area contributed by atoms with Gasteiger partial charge in [-0.2, -0.15) is 0 Å². The normalized spacial score (nSPS) is 13.6. The van der Waals surface area contributed by atoms with Crippen LogP contribution in [0, 0.1) is 0 Å². The molecule has 0 bridgehead atoms. The van der Waals surface area contributed by atoms with Gasteiger partial charge in [-0.25, -0.2) is 0 Å². The van der Waals surface area contributed by atoms with E-state index in [2.05, 4.69) is 41.9 Å². The lowest BCUT2D eigenvalue weighted by molar-refractivity contribution is 0.174. The molecule has 0 aliphatic carbocycles. The maximum Gasteiger partial charge on any atom is 0.231 e. The van der Waals surface area contributed by atoms with E-state index in [4.69, 9.17) is 9.47 Å². The van der Waals surface area contributed by atoms with Crippen molar-refractivity contribution in [2.24, 2.45) is 4.99 Å². The van der Waals surface area contributed by atoms with Gasteiger partial charge >= 0.3 is 0 Å². The fourth-order valence-corrected chi connectivity index (χ4v) is 1.94. The second-order valence-corrected chi connectivity index (χ2v) is 4.78. The maximum absolute atomic E-state index is 5.33. The molecule has 1 aliphatic heterocycles. The van der Waals surface area contributed by atoms with E-state index in [0.717, 1.165) is 22.7 Å². The van der Waals surface area contributed by atoms with Crippen LogP contribution >= 0.6 is 0 Å². The lowest BCUT2D eigenvalue weighted by atomic mass is 10.3. The number of hydrogen-bond donors (Lipinski definition) is 0. The Morgan fingerprint density at radius 2 is 2.05 bits per heavy atom. The standard InChI is InChI=1S/C15H16N2O2/c1-11(2)17-6-5-12(9-17)8-16-13-3-4-14-15(7-13)19-10-18-14/h3-9,11H,10H2,1-2H3. The van der Waals surface area contributed by atoms with Crippen LogP contribution in [0.2, 0.25) is 0 Å². The Kier molecular flexibility index (Phi) is 2.99. The van der Waals surface area contributed by atoms with Crippen molar-refractivity contribution in [3.63, 3.8) is 0 Å². The molecule has 0 fully saturated rings. The molecule has 19 heavy (non-hydrogen) atoms. The molecular formula is C15H16N2O2. The van der Waals surface area contributed by atoms with Gasteiger partial charge in [-0.1, -0.05) is 0 Å². The Morgan fingerprint density at radius 3 is 2.84 bits per heavy atom. The van der Waals surface area contributed by atoms with Crippen molar-refractivity contribution in [2.45, 2.75) is 19.9 Å². The Labute approximate surface area is 112 Å². The van der Waals surface area contributed by atoms with Crippen molar-refractivity contribution in [3.8, 4) is 11.5 Å². The summed E-state index contributed by atoms with van der Waals surface area (Å²) in [6.07, 6.45) is 6.00. The highest BCUT2D eigenvalue weighted by atomic mass is 16.7. The fraction of sp³-hybridized carbons (Fsp3) is 0.267. The van der Waals surface area contributed by atoms with E-state index in [-0.39, 0.29) is 0 Å². The van der Waals surface area contributed by atoms with E-state index >= 15 is 0 Å². The number of ether oxygens (including phenoxy) is 2. The smallest absolute Gasteiger partial charge is 0.231 e. The second-order valence-electron chi connectivity index (χ2n) is 4.78. The van der Waals surface area contributed by atoms with Crippen molar-refractivity contribution < 1.29 is 9.47 Å². The van der Waals surface area contributed by atoms with Crippen molar-refractivity contribution in [3.05, 3.63) is 42.2 Å². The predicted molar refractivity (Wildman–Crippen MR) is 74.6 cm³/mol. The summed E-state index contributed by atoms with van der Waals surface area (Å²) in [7, 11) is 0. The SMILES string of the molecule is CC(C)n1ccc(C=Nc2ccc3c(c2)OCO3)c1. The van der Waals surface area contributed by atoms with Crippen molar-refractivity contribution in [2.75, 3.05) is 6.79 Å². The molecule has 4 nitrogen and oxygen atoms in total. The van der Waals surface area contributed by atoms with Crippen LogP contribution in [0.4, 0.5) is 5.69 Å². The number of rotatable bonds is 3. The van der Waals surface area contributed by atoms with Gasteiger partial charge < -0.3 is 14.0 Å². The van der Waals surface area contributed by atoms with Gasteiger partial charge in [0, 0.05) is 36.3 Å². The van der Waals surface area contributed by atoms with Gasteiger partial charge in [-0.05, 0) is 32.0 Å². The molecule has 0 saturated heterocycles. The summed E-state index contributed by atoms with van der Waals surface area (Å²) < 4.78 is 12.7. The molecule has 1 aromatic carbocycles. The summed E-state index contributed by atoms with van der Waals surface area (Å²) in [6.45, 7) is 4.59. The molecule has 0 amide bonds. The zero-order valence-electron chi connectivity index (χ0n) is 11.0. The van der Waals surface area contributed by atoms with Gasteiger partial charge in [0.2, 0.25) is 6.79 Å². The third-order valence-electron chi connectivity index (χ3n) is 3.05. The number of aromatic nitrogens is 1. The van der Waals surface area contributed by atoms with Crippen molar-refractivity contribution >= 4 is 11.9 Å². The lowest BCUT2D eigenvalue weighted by Crippen LogP contribution is -1.95. The molecule has 0 saturated carbocycles. The first kappa shape index (κ1) is 11.8. The highest BCUT2D eigenvalue weighted by molar-refractivity contribution is 5.81. The lowest BCUT2D eigenvalue weighted by Gasteiger charge is -2.04. The van der Waals surface area contributed by atoms with E-state index < -0.39 is 0 Å². The van der Waals surface area contributed by atoms with Gasteiger partial charge in [-0.15, -0.1) is 0 Å². The maximum atomic E-state index is 5.33. The number of hydrogen-bond acceptors (Lipinski definition) is 3. The average Bonchev–Trinajstić information content (AvgIpc) is 3.04. The molecule has 4 heteroatoms. The zero-order chi connectivity index (χ0) is 13.2. The largest absolute Gasteiger partial charge is 0.454 e. The summed E-state index contributed by atoms with van der Waals surface area (Å²) in [5.74, 6) is 1.54. The number of fused-ring (bicyclic) bond motifs is 1. The van der Waals surface area contributed by atoms with Crippen molar-refractivity contribution in [1.82, 2.24) is 4.57 Å². The van der Waals surface area contributed by atoms with Crippen LogP contribution in [0.3, 0.4) is 0 Å². The molecule has 0 N–H and O–H groups in total. The first-order chi connectivity index (χ1) is 9.22. The molecule has 1 aromatic heterocycles. The number of nitrogens with zero attached hydrogens (tertiary/aromatic N) is 2. The number of benzene rings is 1. The van der Waals surface area contributed by atoms with Gasteiger partial charge in [0.1, 0.15) is 0 Å². The molecule has 98 valence electrons.